The SMILES string of the molecule is CC1=C(C(=O)O)C[C@]2(C)CC(O)[C@H]3[C@@](C)(O)CC[C@]132. The molecule has 0 saturated heterocycles. The van der Waals surface area contributed by atoms with E-state index in [1.54, 1.807) is 6.92 Å². The van der Waals surface area contributed by atoms with E-state index in [1.165, 1.54) is 0 Å². The molecule has 3 N–H and O–H groups in total. The first-order valence-corrected chi connectivity index (χ1v) is 7.00. The molecule has 5 atom stereocenters. The zero-order valence-corrected chi connectivity index (χ0v) is 11.7. The Morgan fingerprint density at radius 3 is 2.53 bits per heavy atom. The lowest BCUT2D eigenvalue weighted by Crippen LogP contribution is -2.42. The Labute approximate surface area is 113 Å². The third-order valence-electron chi connectivity index (χ3n) is 6.29. The molecule has 3 aliphatic rings. The summed E-state index contributed by atoms with van der Waals surface area (Å²) in [5, 5.41) is 30.4. The quantitative estimate of drug-likeness (QED) is 0.675. The van der Waals surface area contributed by atoms with Gasteiger partial charge in [0.25, 0.3) is 0 Å². The smallest absolute Gasteiger partial charge is 0.331 e. The van der Waals surface area contributed by atoms with Crippen LogP contribution in [-0.2, 0) is 4.79 Å². The van der Waals surface area contributed by atoms with Crippen LogP contribution in [0.25, 0.3) is 0 Å². The molecule has 1 spiro atoms. The lowest BCUT2D eigenvalue weighted by atomic mass is 9.62. The molecule has 0 amide bonds. The van der Waals surface area contributed by atoms with Gasteiger partial charge < -0.3 is 15.3 Å². The molecule has 0 radical (unpaired) electrons. The van der Waals surface area contributed by atoms with E-state index in [2.05, 4.69) is 6.92 Å². The maximum absolute atomic E-state index is 11.4. The summed E-state index contributed by atoms with van der Waals surface area (Å²) >= 11 is 0. The largest absolute Gasteiger partial charge is 0.478 e. The zero-order valence-electron chi connectivity index (χ0n) is 11.7. The van der Waals surface area contributed by atoms with Crippen LogP contribution in [0.5, 0.6) is 0 Å². The van der Waals surface area contributed by atoms with Gasteiger partial charge in [-0.05, 0) is 44.9 Å². The van der Waals surface area contributed by atoms with Gasteiger partial charge in [0.2, 0.25) is 0 Å². The van der Waals surface area contributed by atoms with Gasteiger partial charge >= 0.3 is 5.97 Å². The van der Waals surface area contributed by atoms with Crippen LogP contribution in [0.3, 0.4) is 0 Å². The monoisotopic (exact) mass is 266 g/mol. The highest BCUT2D eigenvalue weighted by Crippen LogP contribution is 2.74. The summed E-state index contributed by atoms with van der Waals surface area (Å²) in [6.45, 7) is 5.76. The molecule has 0 aliphatic heterocycles. The zero-order chi connectivity index (χ0) is 14.2. The Morgan fingerprint density at radius 2 is 1.95 bits per heavy atom. The van der Waals surface area contributed by atoms with Crippen molar-refractivity contribution in [1.82, 2.24) is 0 Å². The highest BCUT2D eigenvalue weighted by atomic mass is 16.4. The van der Waals surface area contributed by atoms with E-state index < -0.39 is 17.7 Å². The highest BCUT2D eigenvalue weighted by Gasteiger charge is 2.72. The summed E-state index contributed by atoms with van der Waals surface area (Å²) in [5.41, 5.74) is -0.0651. The third-order valence-corrected chi connectivity index (χ3v) is 6.29. The molecular weight excluding hydrogens is 244 g/mol. The van der Waals surface area contributed by atoms with Gasteiger partial charge in [-0.1, -0.05) is 12.5 Å². The Hall–Kier alpha value is -0.870. The van der Waals surface area contributed by atoms with E-state index in [0.717, 1.165) is 12.0 Å². The van der Waals surface area contributed by atoms with E-state index in [0.29, 0.717) is 24.8 Å². The summed E-state index contributed by atoms with van der Waals surface area (Å²) in [5.74, 6) is -1.08. The van der Waals surface area contributed by atoms with E-state index in [4.69, 9.17) is 0 Å². The second-order valence-electron chi connectivity index (χ2n) is 7.22. The average molecular weight is 266 g/mol. The first-order valence-electron chi connectivity index (χ1n) is 7.00. The predicted octanol–water partition coefficient (Wildman–Crippen LogP) is 1.71. The van der Waals surface area contributed by atoms with E-state index in [1.807, 2.05) is 6.92 Å². The standard InChI is InChI=1S/C15H22O4/c1-8-9(12(17)18)6-13(2)7-10(16)11-14(3,19)4-5-15(8,11)13/h10-11,16,19H,4-7H2,1-3H3,(H,17,18)/t10?,11-,13+,14-,15-/m0/s1. The molecule has 0 heterocycles. The predicted molar refractivity (Wildman–Crippen MR) is 69.5 cm³/mol. The first kappa shape index (κ1) is 13.1. The minimum absolute atomic E-state index is 0.227. The fourth-order valence-corrected chi connectivity index (χ4v) is 5.61. The topological polar surface area (TPSA) is 77.8 Å². The minimum Gasteiger partial charge on any atom is -0.478 e. The number of hydrogen-bond acceptors (Lipinski definition) is 3. The van der Waals surface area contributed by atoms with E-state index in [9.17, 15) is 20.1 Å². The van der Waals surface area contributed by atoms with Gasteiger partial charge in [-0.2, -0.15) is 0 Å². The molecule has 106 valence electrons. The van der Waals surface area contributed by atoms with Crippen molar-refractivity contribution in [2.24, 2.45) is 16.7 Å². The highest BCUT2D eigenvalue weighted by molar-refractivity contribution is 5.89. The fourth-order valence-electron chi connectivity index (χ4n) is 5.61. The Bertz CT molecular complexity index is 492. The third kappa shape index (κ3) is 1.29. The summed E-state index contributed by atoms with van der Waals surface area (Å²) in [6.07, 6.45) is 1.97. The van der Waals surface area contributed by atoms with Crippen LogP contribution in [-0.4, -0.2) is 33.0 Å². The molecule has 19 heavy (non-hydrogen) atoms. The summed E-state index contributed by atoms with van der Waals surface area (Å²) in [4.78, 5) is 11.4. The molecule has 0 aromatic heterocycles. The molecule has 0 aromatic rings. The Balaban J connectivity index is 2.20. The van der Waals surface area contributed by atoms with Crippen LogP contribution in [0.4, 0.5) is 0 Å². The van der Waals surface area contributed by atoms with E-state index >= 15 is 0 Å². The Morgan fingerprint density at radius 1 is 1.32 bits per heavy atom. The van der Waals surface area contributed by atoms with Crippen LogP contribution in [0.15, 0.2) is 11.1 Å². The number of hydrogen-bond donors (Lipinski definition) is 3. The van der Waals surface area contributed by atoms with Gasteiger partial charge in [0.05, 0.1) is 11.7 Å². The van der Waals surface area contributed by atoms with Crippen LogP contribution in [0.1, 0.15) is 46.5 Å². The van der Waals surface area contributed by atoms with Gasteiger partial charge in [0.1, 0.15) is 0 Å². The van der Waals surface area contributed by atoms with Crippen molar-refractivity contribution in [2.45, 2.75) is 58.2 Å². The van der Waals surface area contributed by atoms with Crippen LogP contribution >= 0.6 is 0 Å². The lowest BCUT2D eigenvalue weighted by molar-refractivity contribution is -0.133. The van der Waals surface area contributed by atoms with Gasteiger partial charge in [-0.3, -0.25) is 0 Å². The molecule has 3 rings (SSSR count). The molecule has 4 heteroatoms. The molecule has 2 saturated carbocycles. The fraction of sp³-hybridized carbons (Fsp3) is 0.800. The summed E-state index contributed by atoms with van der Waals surface area (Å²) in [7, 11) is 0. The number of aliphatic carboxylic acids is 1. The molecular formula is C15H22O4. The maximum Gasteiger partial charge on any atom is 0.331 e. The summed E-state index contributed by atoms with van der Waals surface area (Å²) < 4.78 is 0. The van der Waals surface area contributed by atoms with Crippen molar-refractivity contribution in [3.63, 3.8) is 0 Å². The van der Waals surface area contributed by atoms with Crippen LogP contribution < -0.4 is 0 Å². The van der Waals surface area contributed by atoms with Gasteiger partial charge in [0.15, 0.2) is 0 Å². The molecule has 0 aromatic carbocycles. The Kier molecular flexibility index (Phi) is 2.36. The molecule has 4 nitrogen and oxygen atoms in total. The van der Waals surface area contributed by atoms with Crippen molar-refractivity contribution >= 4 is 5.97 Å². The van der Waals surface area contributed by atoms with Gasteiger partial charge in [0, 0.05) is 16.9 Å². The van der Waals surface area contributed by atoms with Crippen molar-refractivity contribution in [3.8, 4) is 0 Å². The normalized spacial score (nSPS) is 52.5. The molecule has 3 aliphatic carbocycles. The molecule has 0 bridgehead atoms. The minimum atomic E-state index is -0.896. The van der Waals surface area contributed by atoms with Gasteiger partial charge in [-0.25, -0.2) is 4.79 Å². The number of aliphatic hydroxyl groups excluding tert-OH is 1. The summed E-state index contributed by atoms with van der Waals surface area (Å²) in [6, 6.07) is 0. The number of carboxylic acids is 1. The second kappa shape index (κ2) is 3.41. The second-order valence-corrected chi connectivity index (χ2v) is 7.22. The van der Waals surface area contributed by atoms with Crippen molar-refractivity contribution < 1.29 is 20.1 Å². The lowest BCUT2D eigenvalue weighted by Gasteiger charge is -2.41. The number of rotatable bonds is 1. The van der Waals surface area contributed by atoms with Crippen molar-refractivity contribution in [3.05, 3.63) is 11.1 Å². The number of carboxylic acid groups (broad SMARTS) is 1. The average Bonchev–Trinajstić information content (AvgIpc) is 2.76. The van der Waals surface area contributed by atoms with E-state index in [-0.39, 0.29) is 16.7 Å². The van der Waals surface area contributed by atoms with Crippen LogP contribution in [0.2, 0.25) is 0 Å². The molecule has 1 unspecified atom stereocenters. The van der Waals surface area contributed by atoms with Crippen molar-refractivity contribution in [1.29, 1.82) is 0 Å². The maximum atomic E-state index is 11.4. The number of aliphatic hydroxyl groups is 2. The first-order chi connectivity index (χ1) is 8.66. The van der Waals surface area contributed by atoms with Crippen LogP contribution in [0, 0.1) is 16.7 Å². The molecule has 2 fully saturated rings. The van der Waals surface area contributed by atoms with Gasteiger partial charge in [-0.15, -0.1) is 0 Å². The van der Waals surface area contributed by atoms with Crippen molar-refractivity contribution in [2.75, 3.05) is 0 Å². The number of allylic oxidation sites excluding steroid dienone is 1. The number of carbonyl (C=O) groups is 1.